The van der Waals surface area contributed by atoms with E-state index in [1.807, 2.05) is 48.5 Å². The summed E-state index contributed by atoms with van der Waals surface area (Å²) >= 11 is 0. The quantitative estimate of drug-likeness (QED) is 0.652. The Morgan fingerprint density at radius 2 is 1.67 bits per heavy atom. The van der Waals surface area contributed by atoms with Gasteiger partial charge >= 0.3 is 12.0 Å². The van der Waals surface area contributed by atoms with Crippen LogP contribution >= 0.6 is 0 Å². The highest BCUT2D eigenvalue weighted by Crippen LogP contribution is 2.17. The molecule has 7 nitrogen and oxygen atoms in total. The molecule has 0 atom stereocenters. The third-order valence-corrected chi connectivity index (χ3v) is 3.71. The molecule has 0 radical (unpaired) electrons. The lowest BCUT2D eigenvalue weighted by atomic mass is 10.2. The number of esters is 1. The average molecular weight is 364 g/mol. The number of amides is 2. The molecule has 2 amide bonds. The van der Waals surface area contributed by atoms with Gasteiger partial charge in [-0.1, -0.05) is 48.5 Å². The standard InChI is InChI=1S/C20H20N4O3/c1-2-27-19(25)17-14-24(13-15-9-5-3-6-10-15)23-18(17)22-20(26)21-16-11-7-4-8-12-16/h3-12,14H,2,13H2,1H3,(H2,21,22,23,26). The number of rotatable bonds is 6. The van der Waals surface area contributed by atoms with Gasteiger partial charge in [0.15, 0.2) is 5.82 Å². The second-order valence-electron chi connectivity index (χ2n) is 5.74. The number of anilines is 2. The van der Waals surface area contributed by atoms with Gasteiger partial charge in [-0.2, -0.15) is 5.10 Å². The molecule has 3 aromatic rings. The van der Waals surface area contributed by atoms with Crippen LogP contribution in [0.4, 0.5) is 16.3 Å². The van der Waals surface area contributed by atoms with Crippen molar-refractivity contribution in [3.05, 3.63) is 78.0 Å². The zero-order chi connectivity index (χ0) is 19.1. The number of hydrogen-bond acceptors (Lipinski definition) is 4. The Morgan fingerprint density at radius 1 is 1.00 bits per heavy atom. The molecule has 0 aliphatic rings. The van der Waals surface area contributed by atoms with Gasteiger partial charge in [-0.15, -0.1) is 0 Å². The zero-order valence-corrected chi connectivity index (χ0v) is 14.9. The number of ether oxygens (including phenoxy) is 1. The molecule has 1 heterocycles. The molecule has 7 heteroatoms. The van der Waals surface area contributed by atoms with Crippen LogP contribution in [-0.2, 0) is 11.3 Å². The Labute approximate surface area is 157 Å². The van der Waals surface area contributed by atoms with E-state index in [0.29, 0.717) is 12.2 Å². The summed E-state index contributed by atoms with van der Waals surface area (Å²) in [5.41, 5.74) is 1.86. The van der Waals surface area contributed by atoms with Gasteiger partial charge in [-0.3, -0.25) is 10.00 Å². The van der Waals surface area contributed by atoms with E-state index >= 15 is 0 Å². The molecule has 3 rings (SSSR count). The van der Waals surface area contributed by atoms with E-state index in [1.165, 1.54) is 0 Å². The fraction of sp³-hybridized carbons (Fsp3) is 0.150. The maximum atomic E-state index is 12.3. The van der Waals surface area contributed by atoms with Gasteiger partial charge < -0.3 is 10.1 Å². The summed E-state index contributed by atoms with van der Waals surface area (Å²) in [6.45, 7) is 2.43. The molecule has 0 aliphatic heterocycles. The smallest absolute Gasteiger partial charge is 0.343 e. The third-order valence-electron chi connectivity index (χ3n) is 3.71. The first kappa shape index (κ1) is 18.2. The van der Waals surface area contributed by atoms with Gasteiger partial charge in [0.25, 0.3) is 0 Å². The molecular weight excluding hydrogens is 344 g/mol. The number of aromatic nitrogens is 2. The molecule has 0 spiro atoms. The number of carbonyl (C=O) groups is 2. The van der Waals surface area contributed by atoms with Crippen molar-refractivity contribution in [2.45, 2.75) is 13.5 Å². The van der Waals surface area contributed by atoms with Crippen molar-refractivity contribution < 1.29 is 14.3 Å². The van der Waals surface area contributed by atoms with Crippen LogP contribution in [0.2, 0.25) is 0 Å². The highest BCUT2D eigenvalue weighted by Gasteiger charge is 2.19. The summed E-state index contributed by atoms with van der Waals surface area (Å²) in [7, 11) is 0. The first-order valence-corrected chi connectivity index (χ1v) is 8.57. The van der Waals surface area contributed by atoms with Crippen LogP contribution in [0.3, 0.4) is 0 Å². The maximum Gasteiger partial charge on any atom is 0.343 e. The number of benzene rings is 2. The fourth-order valence-electron chi connectivity index (χ4n) is 2.51. The topological polar surface area (TPSA) is 85.2 Å². The van der Waals surface area contributed by atoms with Crippen LogP contribution in [0, 0.1) is 0 Å². The predicted molar refractivity (Wildman–Crippen MR) is 103 cm³/mol. The number of nitrogens with one attached hydrogen (secondary N) is 2. The van der Waals surface area contributed by atoms with Crippen molar-refractivity contribution in [3.8, 4) is 0 Å². The van der Waals surface area contributed by atoms with Crippen molar-refractivity contribution in [3.63, 3.8) is 0 Å². The Bertz CT molecular complexity index is 907. The summed E-state index contributed by atoms with van der Waals surface area (Å²) in [4.78, 5) is 24.5. The normalized spacial score (nSPS) is 10.3. The fourth-order valence-corrected chi connectivity index (χ4v) is 2.51. The second kappa shape index (κ2) is 8.66. The van der Waals surface area contributed by atoms with Gasteiger partial charge in [-0.05, 0) is 24.6 Å². The van der Waals surface area contributed by atoms with Crippen LogP contribution in [0.5, 0.6) is 0 Å². The number of hydrogen-bond donors (Lipinski definition) is 2. The van der Waals surface area contributed by atoms with Crippen LogP contribution in [0.1, 0.15) is 22.8 Å². The Balaban J connectivity index is 1.79. The minimum atomic E-state index is -0.535. The zero-order valence-electron chi connectivity index (χ0n) is 14.9. The van der Waals surface area contributed by atoms with Crippen LogP contribution < -0.4 is 10.6 Å². The molecule has 138 valence electrons. The summed E-state index contributed by atoms with van der Waals surface area (Å²) in [5, 5.41) is 9.65. The van der Waals surface area contributed by atoms with E-state index in [4.69, 9.17) is 4.74 Å². The molecule has 0 saturated heterocycles. The van der Waals surface area contributed by atoms with Crippen LogP contribution in [0.15, 0.2) is 66.9 Å². The SMILES string of the molecule is CCOC(=O)c1cn(Cc2ccccc2)nc1NC(=O)Nc1ccccc1. The lowest BCUT2D eigenvalue weighted by Crippen LogP contribution is -2.21. The van der Waals surface area contributed by atoms with Crippen molar-refractivity contribution in [2.75, 3.05) is 17.2 Å². The van der Waals surface area contributed by atoms with Crippen molar-refractivity contribution in [1.82, 2.24) is 9.78 Å². The molecule has 0 aliphatic carbocycles. The molecule has 1 aromatic heterocycles. The summed E-state index contributed by atoms with van der Waals surface area (Å²) in [5.74, 6) is -0.385. The predicted octanol–water partition coefficient (Wildman–Crippen LogP) is 3.75. The molecule has 0 unspecified atom stereocenters. The summed E-state index contributed by atoms with van der Waals surface area (Å²) < 4.78 is 6.66. The maximum absolute atomic E-state index is 12.3. The molecule has 0 bridgehead atoms. The van der Waals surface area contributed by atoms with Crippen molar-refractivity contribution in [2.24, 2.45) is 0 Å². The molecule has 0 saturated carbocycles. The van der Waals surface area contributed by atoms with Crippen molar-refractivity contribution >= 4 is 23.5 Å². The van der Waals surface area contributed by atoms with E-state index < -0.39 is 12.0 Å². The van der Waals surface area contributed by atoms with E-state index in [0.717, 1.165) is 5.56 Å². The second-order valence-corrected chi connectivity index (χ2v) is 5.74. The molecule has 27 heavy (non-hydrogen) atoms. The number of urea groups is 1. The highest BCUT2D eigenvalue weighted by atomic mass is 16.5. The third kappa shape index (κ3) is 4.94. The number of carbonyl (C=O) groups excluding carboxylic acids is 2. The van der Waals surface area contributed by atoms with Gasteiger partial charge in [0.05, 0.1) is 13.2 Å². The number of para-hydroxylation sites is 1. The monoisotopic (exact) mass is 364 g/mol. The number of nitrogens with zero attached hydrogens (tertiary/aromatic N) is 2. The van der Waals surface area contributed by atoms with Crippen LogP contribution in [-0.4, -0.2) is 28.4 Å². The lowest BCUT2D eigenvalue weighted by molar-refractivity contribution is 0.0527. The molecular formula is C20H20N4O3. The van der Waals surface area contributed by atoms with E-state index in [9.17, 15) is 9.59 Å². The van der Waals surface area contributed by atoms with Crippen LogP contribution in [0.25, 0.3) is 0 Å². The Morgan fingerprint density at radius 3 is 2.33 bits per heavy atom. The highest BCUT2D eigenvalue weighted by molar-refractivity contribution is 6.04. The molecule has 0 fully saturated rings. The van der Waals surface area contributed by atoms with E-state index in [2.05, 4.69) is 15.7 Å². The van der Waals surface area contributed by atoms with Gasteiger partial charge in [0.2, 0.25) is 0 Å². The first-order chi connectivity index (χ1) is 13.2. The summed E-state index contributed by atoms with van der Waals surface area (Å²) in [6.07, 6.45) is 1.57. The average Bonchev–Trinajstić information content (AvgIpc) is 3.05. The molecule has 2 aromatic carbocycles. The minimum absolute atomic E-state index is 0.151. The molecule has 2 N–H and O–H groups in total. The van der Waals surface area contributed by atoms with Gasteiger partial charge in [-0.25, -0.2) is 9.59 Å². The summed E-state index contributed by atoms with van der Waals surface area (Å²) in [6, 6.07) is 18.2. The van der Waals surface area contributed by atoms with E-state index in [-0.39, 0.29) is 18.0 Å². The Hall–Kier alpha value is -3.61. The lowest BCUT2D eigenvalue weighted by Gasteiger charge is -2.07. The first-order valence-electron chi connectivity index (χ1n) is 8.57. The van der Waals surface area contributed by atoms with Gasteiger partial charge in [0.1, 0.15) is 5.56 Å². The minimum Gasteiger partial charge on any atom is -0.462 e. The van der Waals surface area contributed by atoms with Crippen molar-refractivity contribution in [1.29, 1.82) is 0 Å². The van der Waals surface area contributed by atoms with Gasteiger partial charge in [0, 0.05) is 11.9 Å². The largest absolute Gasteiger partial charge is 0.462 e. The Kier molecular flexibility index (Phi) is 5.84. The van der Waals surface area contributed by atoms with E-state index in [1.54, 1.807) is 29.9 Å².